The Labute approximate surface area is 181 Å². The first kappa shape index (κ1) is 20.6. The van der Waals surface area contributed by atoms with Crippen molar-refractivity contribution in [1.29, 1.82) is 0 Å². The number of esters is 1. The largest absolute Gasteiger partial charge is 0.467 e. The fraction of sp³-hybridized carbons (Fsp3) is 0.240. The predicted octanol–water partition coefficient (Wildman–Crippen LogP) is 4.74. The van der Waals surface area contributed by atoms with E-state index in [2.05, 4.69) is 5.10 Å². The highest BCUT2D eigenvalue weighted by Crippen LogP contribution is 2.33. The molecule has 1 aliphatic heterocycles. The SMILES string of the molecule is Cc1ccc(C2=NN(C(=O)COC(=O)c3cccc(C)c3C)[C@@H](c3ccco3)C2)cc1. The van der Waals surface area contributed by atoms with E-state index in [1.54, 1.807) is 24.5 Å². The third kappa shape index (κ3) is 4.28. The Balaban J connectivity index is 1.52. The van der Waals surface area contributed by atoms with Gasteiger partial charge in [-0.1, -0.05) is 42.0 Å². The molecule has 0 aliphatic carbocycles. The van der Waals surface area contributed by atoms with Gasteiger partial charge in [-0.2, -0.15) is 5.10 Å². The van der Waals surface area contributed by atoms with Gasteiger partial charge in [-0.05, 0) is 55.7 Å². The first-order valence-electron chi connectivity index (χ1n) is 10.2. The van der Waals surface area contributed by atoms with Crippen LogP contribution in [0.4, 0.5) is 0 Å². The number of hydrogen-bond donors (Lipinski definition) is 0. The van der Waals surface area contributed by atoms with E-state index in [1.165, 1.54) is 5.01 Å². The molecule has 2 aromatic carbocycles. The van der Waals surface area contributed by atoms with Crippen LogP contribution in [0.15, 0.2) is 70.4 Å². The van der Waals surface area contributed by atoms with Gasteiger partial charge in [0.2, 0.25) is 0 Å². The number of rotatable bonds is 5. The summed E-state index contributed by atoms with van der Waals surface area (Å²) in [7, 11) is 0. The number of carbonyl (C=O) groups is 2. The van der Waals surface area contributed by atoms with E-state index in [9.17, 15) is 9.59 Å². The summed E-state index contributed by atoms with van der Waals surface area (Å²) in [5.74, 6) is -0.284. The summed E-state index contributed by atoms with van der Waals surface area (Å²) < 4.78 is 10.9. The zero-order valence-corrected chi connectivity index (χ0v) is 17.8. The summed E-state index contributed by atoms with van der Waals surface area (Å²) >= 11 is 0. The standard InChI is InChI=1S/C25H24N2O4/c1-16-9-11-19(12-10-16)21-14-22(23-8-5-13-30-23)27(26-21)24(28)15-31-25(29)20-7-4-6-17(2)18(20)3/h4-13,22H,14-15H2,1-3H3/t22-/m1/s1. The molecular weight excluding hydrogens is 392 g/mol. The number of aryl methyl sites for hydroxylation is 2. The topological polar surface area (TPSA) is 72.1 Å². The maximum absolute atomic E-state index is 13.0. The summed E-state index contributed by atoms with van der Waals surface area (Å²) in [4.78, 5) is 25.5. The Kier molecular flexibility index (Phi) is 5.71. The number of benzene rings is 2. The van der Waals surface area contributed by atoms with E-state index >= 15 is 0 Å². The molecule has 0 spiro atoms. The molecule has 0 bridgehead atoms. The van der Waals surface area contributed by atoms with E-state index in [0.717, 1.165) is 28.0 Å². The molecule has 1 aromatic heterocycles. The number of carbonyl (C=O) groups excluding carboxylic acids is 2. The average molecular weight is 416 g/mol. The first-order valence-corrected chi connectivity index (χ1v) is 10.2. The quantitative estimate of drug-likeness (QED) is 0.563. The van der Waals surface area contributed by atoms with Crippen LogP contribution in [0, 0.1) is 20.8 Å². The molecule has 1 aliphatic rings. The van der Waals surface area contributed by atoms with Crippen LogP contribution in [0.5, 0.6) is 0 Å². The molecule has 1 atom stereocenters. The lowest BCUT2D eigenvalue weighted by atomic mass is 10.0. The second-order valence-electron chi connectivity index (χ2n) is 7.71. The number of hydrogen-bond acceptors (Lipinski definition) is 5. The summed E-state index contributed by atoms with van der Waals surface area (Å²) in [6.45, 7) is 5.41. The van der Waals surface area contributed by atoms with Gasteiger partial charge in [0.15, 0.2) is 6.61 Å². The zero-order chi connectivity index (χ0) is 22.0. The Morgan fingerprint density at radius 3 is 2.55 bits per heavy atom. The second-order valence-corrected chi connectivity index (χ2v) is 7.71. The van der Waals surface area contributed by atoms with Crippen LogP contribution in [-0.4, -0.2) is 29.2 Å². The molecule has 2 heterocycles. The van der Waals surface area contributed by atoms with Gasteiger partial charge in [0.1, 0.15) is 11.8 Å². The molecule has 4 rings (SSSR count). The van der Waals surface area contributed by atoms with Crippen molar-refractivity contribution in [1.82, 2.24) is 5.01 Å². The Hall–Kier alpha value is -3.67. The van der Waals surface area contributed by atoms with Crippen molar-refractivity contribution >= 4 is 17.6 Å². The van der Waals surface area contributed by atoms with Crippen molar-refractivity contribution in [3.63, 3.8) is 0 Å². The van der Waals surface area contributed by atoms with Gasteiger partial charge in [0, 0.05) is 6.42 Å². The molecule has 0 N–H and O–H groups in total. The predicted molar refractivity (Wildman–Crippen MR) is 117 cm³/mol. The van der Waals surface area contributed by atoms with Crippen molar-refractivity contribution in [2.24, 2.45) is 5.10 Å². The minimum Gasteiger partial charge on any atom is -0.467 e. The summed E-state index contributed by atoms with van der Waals surface area (Å²) in [5, 5.41) is 5.92. The van der Waals surface area contributed by atoms with Gasteiger partial charge in [0.25, 0.3) is 5.91 Å². The molecule has 158 valence electrons. The van der Waals surface area contributed by atoms with Gasteiger partial charge >= 0.3 is 5.97 Å². The molecule has 0 unspecified atom stereocenters. The molecule has 0 saturated carbocycles. The van der Waals surface area contributed by atoms with Crippen LogP contribution >= 0.6 is 0 Å². The number of furan rings is 1. The summed E-state index contributed by atoms with van der Waals surface area (Å²) in [5.41, 5.74) is 5.18. The molecule has 0 saturated heterocycles. The van der Waals surface area contributed by atoms with Crippen LogP contribution < -0.4 is 0 Å². The normalized spacial score (nSPS) is 15.6. The number of hydrazone groups is 1. The van der Waals surface area contributed by atoms with Crippen molar-refractivity contribution < 1.29 is 18.7 Å². The van der Waals surface area contributed by atoms with Crippen molar-refractivity contribution in [3.8, 4) is 0 Å². The minimum absolute atomic E-state index is 0.377. The Bertz CT molecular complexity index is 1130. The van der Waals surface area contributed by atoms with Gasteiger partial charge in [-0.3, -0.25) is 4.79 Å². The van der Waals surface area contributed by atoms with E-state index < -0.39 is 18.5 Å². The highest BCUT2D eigenvalue weighted by Gasteiger charge is 2.35. The maximum atomic E-state index is 13.0. The van der Waals surface area contributed by atoms with Crippen LogP contribution in [-0.2, 0) is 9.53 Å². The highest BCUT2D eigenvalue weighted by molar-refractivity contribution is 6.03. The lowest BCUT2D eigenvalue weighted by Gasteiger charge is -2.19. The third-order valence-electron chi connectivity index (χ3n) is 5.57. The fourth-order valence-electron chi connectivity index (χ4n) is 3.61. The van der Waals surface area contributed by atoms with Crippen LogP contribution in [0.2, 0.25) is 0 Å². The van der Waals surface area contributed by atoms with E-state index in [-0.39, 0.29) is 6.04 Å². The molecular formula is C25H24N2O4. The molecule has 3 aromatic rings. The summed E-state index contributed by atoms with van der Waals surface area (Å²) in [6, 6.07) is 16.6. The Morgan fingerprint density at radius 1 is 1.06 bits per heavy atom. The van der Waals surface area contributed by atoms with E-state index in [1.807, 2.05) is 57.2 Å². The smallest absolute Gasteiger partial charge is 0.338 e. The molecule has 6 nitrogen and oxygen atoms in total. The van der Waals surface area contributed by atoms with Gasteiger partial charge in [-0.25, -0.2) is 9.80 Å². The van der Waals surface area contributed by atoms with Crippen LogP contribution in [0.25, 0.3) is 0 Å². The van der Waals surface area contributed by atoms with Gasteiger partial charge in [-0.15, -0.1) is 0 Å². The molecule has 31 heavy (non-hydrogen) atoms. The second kappa shape index (κ2) is 8.60. The first-order chi connectivity index (χ1) is 14.9. The van der Waals surface area contributed by atoms with Crippen LogP contribution in [0.1, 0.15) is 50.8 Å². The number of nitrogens with zero attached hydrogens (tertiary/aromatic N) is 2. The lowest BCUT2D eigenvalue weighted by molar-refractivity contribution is -0.136. The van der Waals surface area contributed by atoms with Gasteiger partial charge in [0.05, 0.1) is 17.5 Å². The molecule has 1 amide bonds. The fourth-order valence-corrected chi connectivity index (χ4v) is 3.61. The van der Waals surface area contributed by atoms with E-state index in [4.69, 9.17) is 9.15 Å². The van der Waals surface area contributed by atoms with Gasteiger partial charge < -0.3 is 9.15 Å². The molecule has 0 fully saturated rings. The maximum Gasteiger partial charge on any atom is 0.338 e. The average Bonchev–Trinajstić information content (AvgIpc) is 3.44. The highest BCUT2D eigenvalue weighted by atomic mass is 16.5. The third-order valence-corrected chi connectivity index (χ3v) is 5.57. The Morgan fingerprint density at radius 2 is 1.84 bits per heavy atom. The van der Waals surface area contributed by atoms with Crippen LogP contribution in [0.3, 0.4) is 0 Å². The molecule has 6 heteroatoms. The lowest BCUT2D eigenvalue weighted by Crippen LogP contribution is -2.31. The van der Waals surface area contributed by atoms with E-state index in [0.29, 0.717) is 17.7 Å². The number of ether oxygens (including phenoxy) is 1. The van der Waals surface area contributed by atoms with Crippen molar-refractivity contribution in [2.45, 2.75) is 33.2 Å². The monoisotopic (exact) mass is 416 g/mol. The summed E-state index contributed by atoms with van der Waals surface area (Å²) in [6.07, 6.45) is 2.09. The zero-order valence-electron chi connectivity index (χ0n) is 17.8. The van der Waals surface area contributed by atoms with Crippen molar-refractivity contribution in [3.05, 3.63) is 94.4 Å². The minimum atomic E-state index is -0.522. The number of amides is 1. The van der Waals surface area contributed by atoms with Crippen molar-refractivity contribution in [2.75, 3.05) is 6.61 Å². The molecule has 0 radical (unpaired) electrons.